The Kier molecular flexibility index (Phi) is 5.51. The number of hydrogen-bond donors (Lipinski definition) is 4. The summed E-state index contributed by atoms with van der Waals surface area (Å²) >= 11 is 0. The van der Waals surface area contributed by atoms with Gasteiger partial charge in [0.1, 0.15) is 6.04 Å². The first-order chi connectivity index (χ1) is 9.40. The lowest BCUT2D eigenvalue weighted by atomic mass is 10.1. The summed E-state index contributed by atoms with van der Waals surface area (Å²) in [6.07, 6.45) is 2.66. The van der Waals surface area contributed by atoms with Crippen LogP contribution in [0, 0.1) is 0 Å². The molecule has 0 bridgehead atoms. The van der Waals surface area contributed by atoms with Gasteiger partial charge in [-0.15, -0.1) is 0 Å². The summed E-state index contributed by atoms with van der Waals surface area (Å²) in [6.45, 7) is 0.258. The average molecular weight is 284 g/mol. The number of aromatic nitrogens is 2. The van der Waals surface area contributed by atoms with E-state index in [1.807, 2.05) is 0 Å². The zero-order valence-corrected chi connectivity index (χ0v) is 10.9. The van der Waals surface area contributed by atoms with E-state index in [0.29, 0.717) is 0 Å². The number of carboxylic acid groups (broad SMARTS) is 2. The third-order valence-corrected chi connectivity index (χ3v) is 2.56. The van der Waals surface area contributed by atoms with Crippen molar-refractivity contribution in [3.8, 4) is 0 Å². The number of H-pyrrole nitrogens is 1. The molecule has 0 radical (unpaired) electrons. The minimum absolute atomic E-state index is 0.171. The fraction of sp³-hybridized carbons (Fsp3) is 0.455. The average Bonchev–Trinajstić information content (AvgIpc) is 2.86. The van der Waals surface area contributed by atoms with Crippen LogP contribution in [0.15, 0.2) is 12.4 Å². The van der Waals surface area contributed by atoms with Crippen molar-refractivity contribution in [3.05, 3.63) is 18.0 Å². The largest absolute Gasteiger partial charge is 0.481 e. The fourth-order valence-electron chi connectivity index (χ4n) is 1.49. The summed E-state index contributed by atoms with van der Waals surface area (Å²) in [7, 11) is 1.50. The summed E-state index contributed by atoms with van der Waals surface area (Å²) in [4.78, 5) is 34.5. The third-order valence-electron chi connectivity index (χ3n) is 2.56. The van der Waals surface area contributed by atoms with Crippen molar-refractivity contribution in [1.29, 1.82) is 0 Å². The lowest BCUT2D eigenvalue weighted by Gasteiger charge is -2.20. The number of amides is 2. The minimum atomic E-state index is -1.27. The van der Waals surface area contributed by atoms with Gasteiger partial charge < -0.3 is 20.4 Å². The van der Waals surface area contributed by atoms with E-state index >= 15 is 0 Å². The molecule has 9 heteroatoms. The van der Waals surface area contributed by atoms with E-state index in [-0.39, 0.29) is 19.4 Å². The number of nitrogens with zero attached hydrogens (tertiary/aromatic N) is 2. The highest BCUT2D eigenvalue weighted by molar-refractivity contribution is 5.82. The van der Waals surface area contributed by atoms with E-state index < -0.39 is 24.0 Å². The van der Waals surface area contributed by atoms with Gasteiger partial charge in [0.15, 0.2) is 0 Å². The molecule has 1 atom stereocenters. The fourth-order valence-corrected chi connectivity index (χ4v) is 1.49. The maximum Gasteiger partial charge on any atom is 0.326 e. The van der Waals surface area contributed by atoms with Gasteiger partial charge in [-0.25, -0.2) is 9.59 Å². The molecule has 1 rings (SSSR count). The van der Waals surface area contributed by atoms with Crippen molar-refractivity contribution in [2.24, 2.45) is 0 Å². The number of carbonyl (C=O) groups excluding carboxylic acids is 1. The van der Waals surface area contributed by atoms with Crippen LogP contribution in [-0.4, -0.2) is 56.4 Å². The second-order valence-corrected chi connectivity index (χ2v) is 4.24. The van der Waals surface area contributed by atoms with Gasteiger partial charge in [-0.3, -0.25) is 9.89 Å². The van der Waals surface area contributed by atoms with Crippen LogP contribution < -0.4 is 5.32 Å². The van der Waals surface area contributed by atoms with Crippen LogP contribution in [0.5, 0.6) is 0 Å². The molecule has 0 saturated heterocycles. The van der Waals surface area contributed by atoms with Crippen molar-refractivity contribution in [3.63, 3.8) is 0 Å². The van der Waals surface area contributed by atoms with Gasteiger partial charge in [0.05, 0.1) is 12.7 Å². The number of carbonyl (C=O) groups is 3. The molecule has 0 aliphatic carbocycles. The molecule has 0 aliphatic heterocycles. The van der Waals surface area contributed by atoms with Crippen molar-refractivity contribution >= 4 is 18.0 Å². The molecule has 0 fully saturated rings. The molecule has 4 N–H and O–H groups in total. The molecule has 2 amide bonds. The molecule has 20 heavy (non-hydrogen) atoms. The van der Waals surface area contributed by atoms with Gasteiger partial charge in [0, 0.05) is 25.2 Å². The highest BCUT2D eigenvalue weighted by Gasteiger charge is 2.22. The minimum Gasteiger partial charge on any atom is -0.481 e. The first-order valence-corrected chi connectivity index (χ1v) is 5.84. The van der Waals surface area contributed by atoms with Crippen molar-refractivity contribution in [1.82, 2.24) is 20.4 Å². The Morgan fingerprint density at radius 1 is 1.45 bits per heavy atom. The third kappa shape index (κ3) is 4.96. The van der Waals surface area contributed by atoms with Crippen LogP contribution in [0.25, 0.3) is 0 Å². The second kappa shape index (κ2) is 7.12. The summed E-state index contributed by atoms with van der Waals surface area (Å²) in [5.74, 6) is -2.38. The van der Waals surface area contributed by atoms with E-state index in [0.717, 1.165) is 5.56 Å². The number of aliphatic carboxylic acids is 2. The number of urea groups is 1. The van der Waals surface area contributed by atoms with E-state index in [9.17, 15) is 14.4 Å². The lowest BCUT2D eigenvalue weighted by molar-refractivity contribution is -0.140. The van der Waals surface area contributed by atoms with Crippen LogP contribution in [0.4, 0.5) is 4.79 Å². The summed E-state index contributed by atoms with van der Waals surface area (Å²) in [5, 5.41) is 26.1. The molecule has 0 aromatic carbocycles. The van der Waals surface area contributed by atoms with Gasteiger partial charge in [-0.05, 0) is 6.42 Å². The summed E-state index contributed by atoms with van der Waals surface area (Å²) in [5.41, 5.74) is 0.764. The quantitative estimate of drug-likeness (QED) is 0.550. The number of carboxylic acids is 2. The Hall–Kier alpha value is -2.58. The predicted octanol–water partition coefficient (Wildman–Crippen LogP) is -0.131. The van der Waals surface area contributed by atoms with Crippen molar-refractivity contribution < 1.29 is 24.6 Å². The molecule has 0 saturated carbocycles. The Morgan fingerprint density at radius 3 is 2.65 bits per heavy atom. The smallest absolute Gasteiger partial charge is 0.326 e. The number of rotatable bonds is 7. The Morgan fingerprint density at radius 2 is 2.15 bits per heavy atom. The van der Waals surface area contributed by atoms with Gasteiger partial charge >= 0.3 is 18.0 Å². The SMILES string of the molecule is CN(Cc1cn[nH]c1)C(=O)N[C@@H](CCC(=O)O)C(=O)O. The molecule has 0 spiro atoms. The van der Waals surface area contributed by atoms with Crippen LogP contribution in [0.3, 0.4) is 0 Å². The molecule has 0 unspecified atom stereocenters. The topological polar surface area (TPSA) is 136 Å². The zero-order valence-electron chi connectivity index (χ0n) is 10.9. The molecule has 9 nitrogen and oxygen atoms in total. The van der Waals surface area contributed by atoms with E-state index in [2.05, 4.69) is 15.5 Å². The number of aromatic amines is 1. The van der Waals surface area contributed by atoms with Crippen LogP contribution in [0.1, 0.15) is 18.4 Å². The Bertz CT molecular complexity index is 473. The van der Waals surface area contributed by atoms with Gasteiger partial charge in [0.2, 0.25) is 0 Å². The number of nitrogens with one attached hydrogen (secondary N) is 2. The van der Waals surface area contributed by atoms with Gasteiger partial charge in [-0.1, -0.05) is 0 Å². The summed E-state index contributed by atoms with van der Waals surface area (Å²) < 4.78 is 0. The Balaban J connectivity index is 2.52. The van der Waals surface area contributed by atoms with Crippen molar-refractivity contribution in [2.75, 3.05) is 7.05 Å². The standard InChI is InChI=1S/C11H16N4O5/c1-15(6-7-4-12-13-5-7)11(20)14-8(10(18)19)2-3-9(16)17/h4-5,8H,2-3,6H2,1H3,(H,12,13)(H,14,20)(H,16,17)(H,18,19)/t8-/m0/s1. The molecular weight excluding hydrogens is 268 g/mol. The Labute approximate surface area is 114 Å². The monoisotopic (exact) mass is 284 g/mol. The first-order valence-electron chi connectivity index (χ1n) is 5.84. The van der Waals surface area contributed by atoms with E-state index in [1.54, 1.807) is 12.4 Å². The second-order valence-electron chi connectivity index (χ2n) is 4.24. The normalized spacial score (nSPS) is 11.7. The van der Waals surface area contributed by atoms with Gasteiger partial charge in [0.25, 0.3) is 0 Å². The summed E-state index contributed by atoms with van der Waals surface area (Å²) in [6, 6.07) is -1.82. The molecule has 110 valence electrons. The molecular formula is C11H16N4O5. The predicted molar refractivity (Wildman–Crippen MR) is 66.9 cm³/mol. The highest BCUT2D eigenvalue weighted by atomic mass is 16.4. The first kappa shape index (κ1) is 15.5. The highest BCUT2D eigenvalue weighted by Crippen LogP contribution is 2.03. The molecule has 1 heterocycles. The molecule has 0 aliphatic rings. The van der Waals surface area contributed by atoms with Crippen molar-refractivity contribution in [2.45, 2.75) is 25.4 Å². The van der Waals surface area contributed by atoms with Crippen LogP contribution in [-0.2, 0) is 16.1 Å². The maximum absolute atomic E-state index is 11.8. The number of hydrogen-bond acceptors (Lipinski definition) is 4. The van der Waals surface area contributed by atoms with Gasteiger partial charge in [-0.2, -0.15) is 5.10 Å². The molecule has 1 aromatic rings. The lowest BCUT2D eigenvalue weighted by Crippen LogP contribution is -2.46. The van der Waals surface area contributed by atoms with Crippen LogP contribution >= 0.6 is 0 Å². The molecule has 1 aromatic heterocycles. The van der Waals surface area contributed by atoms with Crippen LogP contribution in [0.2, 0.25) is 0 Å². The van der Waals surface area contributed by atoms with E-state index in [1.165, 1.54) is 11.9 Å². The zero-order chi connectivity index (χ0) is 15.1. The van der Waals surface area contributed by atoms with E-state index in [4.69, 9.17) is 10.2 Å². The maximum atomic E-state index is 11.8.